The molecule has 1 heterocycles. The molecule has 2 heteroatoms. The summed E-state index contributed by atoms with van der Waals surface area (Å²) in [5, 5.41) is 3.81. The van der Waals surface area contributed by atoms with Gasteiger partial charge in [0.15, 0.2) is 0 Å². The van der Waals surface area contributed by atoms with Crippen LogP contribution in [0.4, 0.5) is 0 Å². The van der Waals surface area contributed by atoms with Crippen molar-refractivity contribution in [2.24, 2.45) is 0 Å². The summed E-state index contributed by atoms with van der Waals surface area (Å²) < 4.78 is 0. The van der Waals surface area contributed by atoms with Crippen molar-refractivity contribution in [1.82, 2.24) is 10.2 Å². The summed E-state index contributed by atoms with van der Waals surface area (Å²) in [4.78, 5) is 2.74. The Morgan fingerprint density at radius 2 is 1.72 bits per heavy atom. The number of hydrogen-bond acceptors (Lipinski definition) is 2. The van der Waals surface area contributed by atoms with Gasteiger partial charge in [-0.15, -0.1) is 0 Å². The van der Waals surface area contributed by atoms with Gasteiger partial charge in [0.25, 0.3) is 0 Å². The molecule has 1 aliphatic heterocycles. The molecule has 0 aromatic heterocycles. The number of rotatable bonds is 5. The summed E-state index contributed by atoms with van der Waals surface area (Å²) in [6.07, 6.45) is 12.8. The lowest BCUT2D eigenvalue weighted by molar-refractivity contribution is 0.196. The van der Waals surface area contributed by atoms with Crippen molar-refractivity contribution in [1.29, 1.82) is 0 Å². The third kappa shape index (κ3) is 3.96. The molecular formula is C16H32N2. The zero-order chi connectivity index (χ0) is 12.8. The zero-order valence-electron chi connectivity index (χ0n) is 12.5. The van der Waals surface area contributed by atoms with Crippen molar-refractivity contribution in [2.45, 2.75) is 89.8 Å². The predicted molar refractivity (Wildman–Crippen MR) is 79.0 cm³/mol. The lowest BCUT2D eigenvalue weighted by atomic mass is 10.1. The second-order valence-electron chi connectivity index (χ2n) is 6.37. The third-order valence-electron chi connectivity index (χ3n) is 5.08. The minimum absolute atomic E-state index is 0.811. The smallest absolute Gasteiger partial charge is 0.0113 e. The normalized spacial score (nSPS) is 31.7. The summed E-state index contributed by atoms with van der Waals surface area (Å²) in [6.45, 7) is 7.21. The fraction of sp³-hybridized carbons (Fsp3) is 1.00. The van der Waals surface area contributed by atoms with E-state index in [9.17, 15) is 0 Å². The van der Waals surface area contributed by atoms with Gasteiger partial charge in [-0.2, -0.15) is 0 Å². The van der Waals surface area contributed by atoms with E-state index in [0.29, 0.717) is 0 Å². The van der Waals surface area contributed by atoms with Crippen molar-refractivity contribution in [3.63, 3.8) is 0 Å². The van der Waals surface area contributed by atoms with Gasteiger partial charge in [0.1, 0.15) is 0 Å². The van der Waals surface area contributed by atoms with Crippen molar-refractivity contribution >= 4 is 0 Å². The van der Waals surface area contributed by atoms with E-state index < -0.39 is 0 Å². The standard InChI is InChI=1S/C16H32N2/c1-3-16-11-10-14(2)18(16)13-12-17-15-8-6-4-5-7-9-15/h14-17H,3-13H2,1-2H3. The van der Waals surface area contributed by atoms with Crippen molar-refractivity contribution in [3.05, 3.63) is 0 Å². The van der Waals surface area contributed by atoms with Gasteiger partial charge in [-0.3, -0.25) is 4.90 Å². The Labute approximate surface area is 114 Å². The van der Waals surface area contributed by atoms with E-state index in [1.54, 1.807) is 0 Å². The van der Waals surface area contributed by atoms with E-state index in [0.717, 1.165) is 18.1 Å². The van der Waals surface area contributed by atoms with Gasteiger partial charge < -0.3 is 5.32 Å². The van der Waals surface area contributed by atoms with Gasteiger partial charge in [-0.05, 0) is 39.0 Å². The maximum absolute atomic E-state index is 3.81. The van der Waals surface area contributed by atoms with Crippen molar-refractivity contribution in [3.8, 4) is 0 Å². The Hall–Kier alpha value is -0.0800. The number of nitrogens with zero attached hydrogens (tertiary/aromatic N) is 1. The molecule has 0 radical (unpaired) electrons. The van der Waals surface area contributed by atoms with E-state index in [2.05, 4.69) is 24.1 Å². The van der Waals surface area contributed by atoms with Gasteiger partial charge >= 0.3 is 0 Å². The van der Waals surface area contributed by atoms with Crippen LogP contribution in [0, 0.1) is 0 Å². The van der Waals surface area contributed by atoms with Crippen LogP contribution in [0.5, 0.6) is 0 Å². The SMILES string of the molecule is CCC1CCC(C)N1CCNC1CCCCCC1. The number of nitrogens with one attached hydrogen (secondary N) is 1. The average molecular weight is 252 g/mol. The number of likely N-dealkylation sites (tertiary alicyclic amines) is 1. The molecule has 2 rings (SSSR count). The minimum atomic E-state index is 0.811. The first-order chi connectivity index (χ1) is 8.81. The predicted octanol–water partition coefficient (Wildman–Crippen LogP) is 3.56. The van der Waals surface area contributed by atoms with Crippen molar-refractivity contribution < 1.29 is 0 Å². The molecule has 0 amide bonds. The first kappa shape index (κ1) is 14.3. The first-order valence-electron chi connectivity index (χ1n) is 8.30. The lowest BCUT2D eigenvalue weighted by Crippen LogP contribution is -2.41. The molecule has 1 aliphatic carbocycles. The zero-order valence-corrected chi connectivity index (χ0v) is 12.5. The summed E-state index contributed by atoms with van der Waals surface area (Å²) in [5.74, 6) is 0. The van der Waals surface area contributed by atoms with Gasteiger partial charge in [0.05, 0.1) is 0 Å². The molecule has 2 nitrogen and oxygen atoms in total. The minimum Gasteiger partial charge on any atom is -0.313 e. The van der Waals surface area contributed by atoms with Crippen LogP contribution in [-0.2, 0) is 0 Å². The van der Waals surface area contributed by atoms with E-state index in [-0.39, 0.29) is 0 Å². The van der Waals surface area contributed by atoms with Crippen LogP contribution in [0.1, 0.15) is 71.6 Å². The van der Waals surface area contributed by atoms with Crippen LogP contribution in [-0.4, -0.2) is 36.1 Å². The molecule has 2 atom stereocenters. The summed E-state index contributed by atoms with van der Waals surface area (Å²) in [7, 11) is 0. The highest BCUT2D eigenvalue weighted by Crippen LogP contribution is 2.25. The van der Waals surface area contributed by atoms with Crippen LogP contribution < -0.4 is 5.32 Å². The second-order valence-corrected chi connectivity index (χ2v) is 6.37. The molecule has 0 spiro atoms. The van der Waals surface area contributed by atoms with Crippen LogP contribution in [0.3, 0.4) is 0 Å². The Morgan fingerprint density at radius 3 is 2.39 bits per heavy atom. The van der Waals surface area contributed by atoms with Gasteiger partial charge in [-0.25, -0.2) is 0 Å². The molecule has 18 heavy (non-hydrogen) atoms. The molecule has 1 saturated heterocycles. The fourth-order valence-corrected chi connectivity index (χ4v) is 3.85. The van der Waals surface area contributed by atoms with Crippen LogP contribution in [0.25, 0.3) is 0 Å². The number of hydrogen-bond donors (Lipinski definition) is 1. The molecule has 1 N–H and O–H groups in total. The maximum Gasteiger partial charge on any atom is 0.0113 e. The highest BCUT2D eigenvalue weighted by molar-refractivity contribution is 4.85. The Morgan fingerprint density at radius 1 is 1.00 bits per heavy atom. The van der Waals surface area contributed by atoms with Crippen molar-refractivity contribution in [2.75, 3.05) is 13.1 Å². The topological polar surface area (TPSA) is 15.3 Å². The Balaban J connectivity index is 1.67. The Kier molecular flexibility index (Phi) is 5.97. The molecule has 106 valence electrons. The fourth-order valence-electron chi connectivity index (χ4n) is 3.85. The van der Waals surface area contributed by atoms with Crippen LogP contribution in [0.2, 0.25) is 0 Å². The molecule has 0 aromatic rings. The summed E-state index contributed by atoms with van der Waals surface area (Å²) in [6, 6.07) is 2.48. The average Bonchev–Trinajstić information content (AvgIpc) is 2.59. The molecule has 2 fully saturated rings. The van der Waals surface area contributed by atoms with E-state index >= 15 is 0 Å². The molecule has 2 unspecified atom stereocenters. The van der Waals surface area contributed by atoms with E-state index in [1.807, 2.05) is 0 Å². The van der Waals surface area contributed by atoms with E-state index in [4.69, 9.17) is 0 Å². The summed E-state index contributed by atoms with van der Waals surface area (Å²) >= 11 is 0. The Bertz CT molecular complexity index is 221. The van der Waals surface area contributed by atoms with E-state index in [1.165, 1.54) is 70.9 Å². The molecular weight excluding hydrogens is 220 g/mol. The van der Waals surface area contributed by atoms with Gasteiger partial charge in [-0.1, -0.05) is 32.6 Å². The third-order valence-corrected chi connectivity index (χ3v) is 5.08. The monoisotopic (exact) mass is 252 g/mol. The first-order valence-corrected chi connectivity index (χ1v) is 8.30. The summed E-state index contributed by atoms with van der Waals surface area (Å²) in [5.41, 5.74) is 0. The van der Waals surface area contributed by atoms with Gasteiger partial charge in [0, 0.05) is 31.2 Å². The molecule has 0 aromatic carbocycles. The highest BCUT2D eigenvalue weighted by Gasteiger charge is 2.28. The maximum atomic E-state index is 3.81. The largest absolute Gasteiger partial charge is 0.313 e. The highest BCUT2D eigenvalue weighted by atomic mass is 15.2. The lowest BCUT2D eigenvalue weighted by Gasteiger charge is -2.28. The van der Waals surface area contributed by atoms with Crippen LogP contribution in [0.15, 0.2) is 0 Å². The second kappa shape index (κ2) is 7.49. The van der Waals surface area contributed by atoms with Gasteiger partial charge in [0.2, 0.25) is 0 Å². The quantitative estimate of drug-likeness (QED) is 0.753. The van der Waals surface area contributed by atoms with Crippen LogP contribution >= 0.6 is 0 Å². The molecule has 0 bridgehead atoms. The molecule has 1 saturated carbocycles. The molecule has 2 aliphatic rings.